The fourth-order valence-electron chi connectivity index (χ4n) is 2.38. The summed E-state index contributed by atoms with van der Waals surface area (Å²) in [7, 11) is 0. The van der Waals surface area contributed by atoms with E-state index in [1.807, 2.05) is 30.3 Å². The SMILES string of the molecule is O=c1[nH]c2cccc(OCC(O)CNCc3ccccc3)c2[nH]1. The molecule has 6 nitrogen and oxygen atoms in total. The van der Waals surface area contributed by atoms with Crippen LogP contribution in [0.2, 0.25) is 0 Å². The van der Waals surface area contributed by atoms with E-state index in [0.717, 1.165) is 5.56 Å². The average molecular weight is 313 g/mol. The van der Waals surface area contributed by atoms with Crippen LogP contribution < -0.4 is 15.7 Å². The average Bonchev–Trinajstić information content (AvgIpc) is 2.94. The second-order valence-electron chi connectivity index (χ2n) is 5.34. The molecule has 1 atom stereocenters. The molecule has 3 rings (SSSR count). The molecule has 23 heavy (non-hydrogen) atoms. The van der Waals surface area contributed by atoms with Gasteiger partial charge in [0.2, 0.25) is 0 Å². The molecule has 0 saturated carbocycles. The Kier molecular flexibility index (Phi) is 4.75. The molecule has 0 bridgehead atoms. The summed E-state index contributed by atoms with van der Waals surface area (Å²) < 4.78 is 5.62. The molecular formula is C17H19N3O3. The number of aliphatic hydroxyl groups is 1. The van der Waals surface area contributed by atoms with Crippen LogP contribution in [-0.2, 0) is 6.54 Å². The van der Waals surface area contributed by atoms with Crippen molar-refractivity contribution in [1.82, 2.24) is 15.3 Å². The van der Waals surface area contributed by atoms with Gasteiger partial charge in [0.1, 0.15) is 24.0 Å². The lowest BCUT2D eigenvalue weighted by Gasteiger charge is -2.13. The summed E-state index contributed by atoms with van der Waals surface area (Å²) >= 11 is 0. The molecule has 0 fully saturated rings. The fraction of sp³-hybridized carbons (Fsp3) is 0.235. The highest BCUT2D eigenvalue weighted by Gasteiger charge is 2.09. The zero-order chi connectivity index (χ0) is 16.1. The topological polar surface area (TPSA) is 90.1 Å². The van der Waals surface area contributed by atoms with Crippen molar-refractivity contribution in [2.24, 2.45) is 0 Å². The molecule has 0 spiro atoms. The van der Waals surface area contributed by atoms with Gasteiger partial charge in [-0.15, -0.1) is 0 Å². The van der Waals surface area contributed by atoms with E-state index in [9.17, 15) is 9.90 Å². The predicted molar refractivity (Wildman–Crippen MR) is 88.6 cm³/mol. The molecule has 0 aliphatic carbocycles. The van der Waals surface area contributed by atoms with E-state index >= 15 is 0 Å². The van der Waals surface area contributed by atoms with E-state index in [1.165, 1.54) is 0 Å². The first-order chi connectivity index (χ1) is 11.2. The molecule has 4 N–H and O–H groups in total. The van der Waals surface area contributed by atoms with Crippen molar-refractivity contribution in [3.63, 3.8) is 0 Å². The van der Waals surface area contributed by atoms with Gasteiger partial charge < -0.3 is 25.1 Å². The Morgan fingerprint density at radius 3 is 2.74 bits per heavy atom. The molecule has 2 aromatic carbocycles. The quantitative estimate of drug-likeness (QED) is 0.530. The van der Waals surface area contributed by atoms with Gasteiger partial charge in [-0.25, -0.2) is 4.79 Å². The maximum Gasteiger partial charge on any atom is 0.323 e. The number of ether oxygens (including phenoxy) is 1. The van der Waals surface area contributed by atoms with Crippen LogP contribution in [0, 0.1) is 0 Å². The summed E-state index contributed by atoms with van der Waals surface area (Å²) in [5.74, 6) is 0.544. The number of benzene rings is 2. The summed E-state index contributed by atoms with van der Waals surface area (Å²) in [5, 5.41) is 13.2. The van der Waals surface area contributed by atoms with Crippen LogP contribution in [0.5, 0.6) is 5.75 Å². The van der Waals surface area contributed by atoms with E-state index in [1.54, 1.807) is 18.2 Å². The van der Waals surface area contributed by atoms with E-state index < -0.39 is 6.10 Å². The van der Waals surface area contributed by atoms with Crippen molar-refractivity contribution in [2.75, 3.05) is 13.2 Å². The van der Waals surface area contributed by atoms with Gasteiger partial charge in [-0.05, 0) is 17.7 Å². The molecular weight excluding hydrogens is 294 g/mol. The third-order valence-corrected chi connectivity index (χ3v) is 3.50. The number of hydrogen-bond acceptors (Lipinski definition) is 4. The van der Waals surface area contributed by atoms with Crippen molar-refractivity contribution in [3.05, 3.63) is 64.6 Å². The number of hydrogen-bond donors (Lipinski definition) is 4. The van der Waals surface area contributed by atoms with Crippen LogP contribution in [0.25, 0.3) is 11.0 Å². The smallest absolute Gasteiger partial charge is 0.323 e. The Morgan fingerprint density at radius 1 is 1.09 bits per heavy atom. The van der Waals surface area contributed by atoms with Crippen LogP contribution in [0.3, 0.4) is 0 Å². The van der Waals surface area contributed by atoms with Crippen LogP contribution in [-0.4, -0.2) is 34.3 Å². The minimum absolute atomic E-state index is 0.147. The first kappa shape index (κ1) is 15.3. The summed E-state index contributed by atoms with van der Waals surface area (Å²) in [6.45, 7) is 1.27. The molecule has 1 heterocycles. The number of aliphatic hydroxyl groups excluding tert-OH is 1. The second kappa shape index (κ2) is 7.13. The third kappa shape index (κ3) is 4.00. The number of para-hydroxylation sites is 1. The molecule has 6 heteroatoms. The number of H-pyrrole nitrogens is 2. The lowest BCUT2D eigenvalue weighted by atomic mass is 10.2. The molecule has 1 unspecified atom stereocenters. The van der Waals surface area contributed by atoms with Gasteiger partial charge in [0.05, 0.1) is 5.52 Å². The predicted octanol–water partition coefficient (Wildman–Crippen LogP) is 1.39. The Balaban J connectivity index is 1.50. The standard InChI is InChI=1S/C17H19N3O3/c21-13(10-18-9-12-5-2-1-3-6-12)11-23-15-8-4-7-14-16(15)20-17(22)19-14/h1-8,13,18,21H,9-11H2,(H2,19,20,22). The number of nitrogens with one attached hydrogen (secondary N) is 3. The lowest BCUT2D eigenvalue weighted by Crippen LogP contribution is -2.31. The molecule has 0 aliphatic rings. The van der Waals surface area contributed by atoms with Gasteiger partial charge in [-0.3, -0.25) is 0 Å². The number of aromatic nitrogens is 2. The highest BCUT2D eigenvalue weighted by molar-refractivity contribution is 5.80. The largest absolute Gasteiger partial charge is 0.489 e. The molecule has 0 amide bonds. The summed E-state index contributed by atoms with van der Waals surface area (Å²) in [6, 6.07) is 15.3. The maximum absolute atomic E-state index is 11.3. The van der Waals surface area contributed by atoms with Crippen molar-refractivity contribution in [1.29, 1.82) is 0 Å². The number of fused-ring (bicyclic) bond motifs is 1. The maximum atomic E-state index is 11.3. The van der Waals surface area contributed by atoms with Crippen LogP contribution in [0.4, 0.5) is 0 Å². The monoisotopic (exact) mass is 313 g/mol. The zero-order valence-corrected chi connectivity index (χ0v) is 12.6. The number of rotatable bonds is 7. The summed E-state index contributed by atoms with van der Waals surface area (Å²) in [4.78, 5) is 16.7. The first-order valence-corrected chi connectivity index (χ1v) is 7.49. The van der Waals surface area contributed by atoms with Gasteiger partial charge in [-0.2, -0.15) is 0 Å². The Bertz CT molecular complexity index is 811. The van der Waals surface area contributed by atoms with Gasteiger partial charge in [0.15, 0.2) is 0 Å². The van der Waals surface area contributed by atoms with Gasteiger partial charge >= 0.3 is 5.69 Å². The highest BCUT2D eigenvalue weighted by Crippen LogP contribution is 2.20. The number of imidazole rings is 1. The minimum atomic E-state index is -0.639. The Labute approximate surface area is 133 Å². The lowest BCUT2D eigenvalue weighted by molar-refractivity contribution is 0.107. The molecule has 0 radical (unpaired) electrons. The van der Waals surface area contributed by atoms with Crippen molar-refractivity contribution in [3.8, 4) is 5.75 Å². The zero-order valence-electron chi connectivity index (χ0n) is 12.6. The van der Waals surface area contributed by atoms with E-state index in [4.69, 9.17) is 4.74 Å². The molecule has 0 saturated heterocycles. The second-order valence-corrected chi connectivity index (χ2v) is 5.34. The molecule has 0 aliphatic heterocycles. The number of aromatic amines is 2. The van der Waals surface area contributed by atoms with Crippen LogP contribution in [0.15, 0.2) is 53.3 Å². The van der Waals surface area contributed by atoms with Gasteiger partial charge in [0.25, 0.3) is 0 Å². The molecule has 1 aromatic heterocycles. The third-order valence-electron chi connectivity index (χ3n) is 3.50. The van der Waals surface area contributed by atoms with Gasteiger partial charge in [0, 0.05) is 13.1 Å². The molecule has 120 valence electrons. The summed E-state index contributed by atoms with van der Waals surface area (Å²) in [5.41, 5.74) is 2.18. The highest BCUT2D eigenvalue weighted by atomic mass is 16.5. The van der Waals surface area contributed by atoms with E-state index in [2.05, 4.69) is 15.3 Å². The Hall–Kier alpha value is -2.57. The Morgan fingerprint density at radius 2 is 1.91 bits per heavy atom. The van der Waals surface area contributed by atoms with Crippen LogP contribution >= 0.6 is 0 Å². The fourth-order valence-corrected chi connectivity index (χ4v) is 2.38. The normalized spacial score (nSPS) is 12.4. The van der Waals surface area contributed by atoms with Crippen molar-refractivity contribution < 1.29 is 9.84 Å². The first-order valence-electron chi connectivity index (χ1n) is 7.49. The van der Waals surface area contributed by atoms with E-state index in [0.29, 0.717) is 29.9 Å². The summed E-state index contributed by atoms with van der Waals surface area (Å²) in [6.07, 6.45) is -0.639. The van der Waals surface area contributed by atoms with Crippen molar-refractivity contribution >= 4 is 11.0 Å². The van der Waals surface area contributed by atoms with E-state index in [-0.39, 0.29) is 12.3 Å². The van der Waals surface area contributed by atoms with Crippen molar-refractivity contribution in [2.45, 2.75) is 12.6 Å². The minimum Gasteiger partial charge on any atom is -0.489 e. The molecule has 3 aromatic rings. The van der Waals surface area contributed by atoms with Crippen LogP contribution in [0.1, 0.15) is 5.56 Å². The van der Waals surface area contributed by atoms with Gasteiger partial charge in [-0.1, -0.05) is 36.4 Å².